The normalized spacial score (nSPS) is 14.7. The number of anilines is 1. The third-order valence-electron chi connectivity index (χ3n) is 4.85. The number of carbonyl (C=O) groups excluding carboxylic acids is 1. The highest BCUT2D eigenvalue weighted by atomic mass is 32.2. The number of aromatic nitrogens is 2. The molecular weight excluding hydrogens is 469 g/mol. The molecule has 1 N–H and O–H groups in total. The van der Waals surface area contributed by atoms with E-state index in [1.165, 1.54) is 6.07 Å². The van der Waals surface area contributed by atoms with Crippen molar-refractivity contribution in [2.75, 3.05) is 17.8 Å². The van der Waals surface area contributed by atoms with E-state index in [-0.39, 0.29) is 28.2 Å². The number of nitrogens with zero attached hydrogens (tertiary/aromatic N) is 3. The fourth-order valence-electron chi connectivity index (χ4n) is 3.25. The molecule has 1 aromatic carbocycles. The summed E-state index contributed by atoms with van der Waals surface area (Å²) in [4.78, 5) is 18.8. The number of hydrogen-bond donors (Lipinski definition) is 1. The Morgan fingerprint density at radius 3 is 2.47 bits per heavy atom. The number of sulfonamides is 1. The molecule has 0 bridgehead atoms. The number of likely N-dealkylation sites (tertiary alicyclic amines) is 1. The predicted octanol–water partition coefficient (Wildman–Crippen LogP) is 4.16. The molecule has 2 aromatic heterocycles. The summed E-state index contributed by atoms with van der Waals surface area (Å²) >= 11 is 1.09. The summed E-state index contributed by atoms with van der Waals surface area (Å²) in [6.45, 7) is 2.81. The van der Waals surface area contributed by atoms with Gasteiger partial charge in [-0.05, 0) is 50.1 Å². The average Bonchev–Trinajstić information content (AvgIpc) is 3.47. The quantitative estimate of drug-likeness (QED) is 0.581. The number of alkyl halides is 3. The standard InChI is InChI=1S/C19H17F3N4O4S2/c1-11-15(32(28,29)25-13-6-4-12(5-7-13)19(20,21)22)10-14(31-11)16-23-17(30-24-16)18(27)26-8-2-3-9-26/h4-7,10,25H,2-3,8-9H2,1H3. The summed E-state index contributed by atoms with van der Waals surface area (Å²) in [5.41, 5.74) is -0.894. The summed E-state index contributed by atoms with van der Waals surface area (Å²) < 4.78 is 71.0. The Hall–Kier alpha value is -2.93. The first kappa shape index (κ1) is 22.3. The lowest BCUT2D eigenvalue weighted by atomic mass is 10.2. The van der Waals surface area contributed by atoms with E-state index < -0.39 is 21.8 Å². The van der Waals surface area contributed by atoms with Gasteiger partial charge in [0.1, 0.15) is 4.90 Å². The van der Waals surface area contributed by atoms with Crippen LogP contribution in [0.3, 0.4) is 0 Å². The molecule has 0 unspecified atom stereocenters. The Morgan fingerprint density at radius 2 is 1.84 bits per heavy atom. The third kappa shape index (κ3) is 4.48. The molecule has 8 nitrogen and oxygen atoms in total. The van der Waals surface area contributed by atoms with E-state index in [0.29, 0.717) is 22.8 Å². The number of hydrogen-bond acceptors (Lipinski definition) is 7. The van der Waals surface area contributed by atoms with Crippen LogP contribution in [-0.2, 0) is 16.2 Å². The summed E-state index contributed by atoms with van der Waals surface area (Å²) in [5.74, 6) is -0.455. The zero-order valence-electron chi connectivity index (χ0n) is 16.6. The topological polar surface area (TPSA) is 105 Å². The monoisotopic (exact) mass is 486 g/mol. The van der Waals surface area contributed by atoms with Gasteiger partial charge in [0.15, 0.2) is 0 Å². The highest BCUT2D eigenvalue weighted by Gasteiger charge is 2.30. The minimum atomic E-state index is -4.52. The number of nitrogens with one attached hydrogen (secondary N) is 1. The first-order chi connectivity index (χ1) is 15.0. The molecule has 4 rings (SSSR count). The Labute approximate surface area is 185 Å². The highest BCUT2D eigenvalue weighted by Crippen LogP contribution is 2.34. The number of benzene rings is 1. The van der Waals surface area contributed by atoms with Crippen molar-refractivity contribution >= 4 is 33.0 Å². The molecule has 3 heterocycles. The van der Waals surface area contributed by atoms with Gasteiger partial charge in [-0.25, -0.2) is 8.42 Å². The van der Waals surface area contributed by atoms with Crippen LogP contribution in [0.15, 0.2) is 39.8 Å². The second-order valence-corrected chi connectivity index (χ2v) is 10.0. The van der Waals surface area contributed by atoms with Crippen molar-refractivity contribution < 1.29 is 30.9 Å². The third-order valence-corrected chi connectivity index (χ3v) is 7.53. The van der Waals surface area contributed by atoms with Gasteiger partial charge in [-0.3, -0.25) is 9.52 Å². The minimum Gasteiger partial charge on any atom is -0.334 e. The van der Waals surface area contributed by atoms with Crippen molar-refractivity contribution in [3.8, 4) is 10.7 Å². The SMILES string of the molecule is Cc1sc(-c2noc(C(=O)N3CCCC3)n2)cc1S(=O)(=O)Nc1ccc(C(F)(F)F)cc1. The van der Waals surface area contributed by atoms with Gasteiger partial charge in [0.25, 0.3) is 10.0 Å². The Bertz CT molecular complexity index is 1240. The molecule has 170 valence electrons. The number of amides is 1. The minimum absolute atomic E-state index is 0.0109. The Morgan fingerprint density at radius 1 is 1.19 bits per heavy atom. The lowest BCUT2D eigenvalue weighted by Crippen LogP contribution is -2.27. The molecular formula is C19H17F3N4O4S2. The molecule has 0 saturated carbocycles. The molecule has 0 aliphatic carbocycles. The highest BCUT2D eigenvalue weighted by molar-refractivity contribution is 7.93. The Balaban J connectivity index is 1.54. The maximum Gasteiger partial charge on any atom is 0.416 e. The molecule has 1 aliphatic rings. The maximum atomic E-state index is 12.8. The van der Waals surface area contributed by atoms with E-state index in [2.05, 4.69) is 14.9 Å². The van der Waals surface area contributed by atoms with Crippen LogP contribution >= 0.6 is 11.3 Å². The number of thiophene rings is 1. The van der Waals surface area contributed by atoms with E-state index in [0.717, 1.165) is 48.4 Å². The average molecular weight is 486 g/mol. The summed E-state index contributed by atoms with van der Waals surface area (Å²) in [6, 6.07) is 5.00. The van der Waals surface area contributed by atoms with Crippen LogP contribution in [0.2, 0.25) is 0 Å². The molecule has 13 heteroatoms. The first-order valence-corrected chi connectivity index (χ1v) is 11.8. The van der Waals surface area contributed by atoms with Crippen LogP contribution in [0.5, 0.6) is 0 Å². The molecule has 3 aromatic rings. The lowest BCUT2D eigenvalue weighted by Gasteiger charge is -2.10. The fraction of sp³-hybridized carbons (Fsp3) is 0.316. The number of carbonyl (C=O) groups is 1. The van der Waals surface area contributed by atoms with Crippen molar-refractivity contribution in [2.24, 2.45) is 0 Å². The maximum absolute atomic E-state index is 12.8. The van der Waals surface area contributed by atoms with Crippen LogP contribution < -0.4 is 4.72 Å². The van der Waals surface area contributed by atoms with Crippen LogP contribution in [-0.4, -0.2) is 42.5 Å². The summed E-state index contributed by atoms with van der Waals surface area (Å²) in [7, 11) is -4.08. The molecule has 1 aliphatic heterocycles. The molecule has 1 saturated heterocycles. The molecule has 1 fully saturated rings. The van der Waals surface area contributed by atoms with Gasteiger partial charge in [0.2, 0.25) is 5.82 Å². The van der Waals surface area contributed by atoms with Gasteiger partial charge in [0, 0.05) is 23.7 Å². The van der Waals surface area contributed by atoms with Crippen LogP contribution in [0, 0.1) is 6.92 Å². The number of rotatable bonds is 5. The van der Waals surface area contributed by atoms with Crippen LogP contribution in [0.25, 0.3) is 10.7 Å². The number of halogens is 3. The van der Waals surface area contributed by atoms with Crippen LogP contribution in [0.1, 0.15) is 34.0 Å². The van der Waals surface area contributed by atoms with E-state index in [9.17, 15) is 26.4 Å². The predicted molar refractivity (Wildman–Crippen MR) is 110 cm³/mol. The number of aryl methyl sites for hydroxylation is 1. The van der Waals surface area contributed by atoms with Crippen molar-refractivity contribution in [1.29, 1.82) is 0 Å². The van der Waals surface area contributed by atoms with E-state index in [4.69, 9.17) is 4.52 Å². The second-order valence-electron chi connectivity index (χ2n) is 7.13. The van der Waals surface area contributed by atoms with Gasteiger partial charge in [0.05, 0.1) is 10.4 Å². The first-order valence-electron chi connectivity index (χ1n) is 9.48. The van der Waals surface area contributed by atoms with Gasteiger partial charge >= 0.3 is 18.0 Å². The summed E-state index contributed by atoms with van der Waals surface area (Å²) in [6.07, 6.45) is -2.70. The van der Waals surface area contributed by atoms with Crippen molar-refractivity contribution in [3.05, 3.63) is 46.7 Å². The fourth-order valence-corrected chi connectivity index (χ4v) is 5.82. The van der Waals surface area contributed by atoms with Gasteiger partial charge in [-0.1, -0.05) is 5.16 Å². The molecule has 32 heavy (non-hydrogen) atoms. The van der Waals surface area contributed by atoms with Gasteiger partial charge < -0.3 is 9.42 Å². The Kier molecular flexibility index (Phi) is 5.71. The molecule has 0 spiro atoms. The van der Waals surface area contributed by atoms with Crippen LogP contribution in [0.4, 0.5) is 18.9 Å². The van der Waals surface area contributed by atoms with Gasteiger partial charge in [-0.15, -0.1) is 11.3 Å². The van der Waals surface area contributed by atoms with E-state index in [1.807, 2.05) is 0 Å². The molecule has 0 radical (unpaired) electrons. The van der Waals surface area contributed by atoms with E-state index >= 15 is 0 Å². The lowest BCUT2D eigenvalue weighted by molar-refractivity contribution is -0.137. The zero-order chi connectivity index (χ0) is 23.1. The largest absolute Gasteiger partial charge is 0.416 e. The second kappa shape index (κ2) is 8.20. The van der Waals surface area contributed by atoms with Crippen molar-refractivity contribution in [2.45, 2.75) is 30.8 Å². The molecule has 1 amide bonds. The smallest absolute Gasteiger partial charge is 0.334 e. The van der Waals surface area contributed by atoms with Crippen molar-refractivity contribution in [1.82, 2.24) is 15.0 Å². The van der Waals surface area contributed by atoms with Gasteiger partial charge in [-0.2, -0.15) is 18.2 Å². The zero-order valence-corrected chi connectivity index (χ0v) is 18.3. The van der Waals surface area contributed by atoms with Crippen molar-refractivity contribution in [3.63, 3.8) is 0 Å². The van der Waals surface area contributed by atoms with E-state index in [1.54, 1.807) is 11.8 Å². The molecule has 0 atom stereocenters. The summed E-state index contributed by atoms with van der Waals surface area (Å²) in [5, 5.41) is 3.79.